The molecule has 0 N–H and O–H groups in total. The van der Waals surface area contributed by atoms with Gasteiger partial charge in [-0.25, -0.2) is 0 Å². The van der Waals surface area contributed by atoms with Crippen LogP contribution in [0.15, 0.2) is 29.6 Å². The Morgan fingerprint density at radius 2 is 1.84 bits per heavy atom. The van der Waals surface area contributed by atoms with Crippen molar-refractivity contribution in [1.82, 2.24) is 9.80 Å². The first-order valence-corrected chi connectivity index (χ1v) is 10.0. The summed E-state index contributed by atoms with van der Waals surface area (Å²) in [7, 11) is 3.19. The minimum absolute atomic E-state index is 0.0566. The number of nitrogens with zero attached hydrogens (tertiary/aromatic N) is 2. The highest BCUT2D eigenvalue weighted by Crippen LogP contribution is 2.32. The number of benzene rings is 1. The van der Waals surface area contributed by atoms with Crippen molar-refractivity contribution in [1.29, 1.82) is 0 Å². The van der Waals surface area contributed by atoms with Gasteiger partial charge in [0.1, 0.15) is 0 Å². The van der Waals surface area contributed by atoms with Crippen molar-refractivity contribution < 1.29 is 14.3 Å². The molecule has 2 aromatic rings. The molecular formula is C18H21IN2O3S. The second-order valence-corrected chi connectivity index (χ2v) is 8.03. The van der Waals surface area contributed by atoms with Crippen molar-refractivity contribution >= 4 is 39.8 Å². The van der Waals surface area contributed by atoms with E-state index in [1.165, 1.54) is 4.88 Å². The molecule has 1 aliphatic heterocycles. The van der Waals surface area contributed by atoms with E-state index in [2.05, 4.69) is 45.0 Å². The molecule has 0 spiro atoms. The summed E-state index contributed by atoms with van der Waals surface area (Å²) in [5.41, 5.74) is 0.671. The van der Waals surface area contributed by atoms with Crippen LogP contribution in [0.25, 0.3) is 0 Å². The Morgan fingerprint density at radius 3 is 2.44 bits per heavy atom. The van der Waals surface area contributed by atoms with Crippen molar-refractivity contribution in [2.24, 2.45) is 0 Å². The van der Waals surface area contributed by atoms with E-state index in [9.17, 15) is 4.79 Å². The molecule has 1 aromatic heterocycles. The summed E-state index contributed by atoms with van der Waals surface area (Å²) in [4.78, 5) is 18.6. The van der Waals surface area contributed by atoms with Crippen LogP contribution in [0.2, 0.25) is 0 Å². The number of ether oxygens (including phenoxy) is 2. The first-order valence-electron chi connectivity index (χ1n) is 8.08. The average molecular weight is 472 g/mol. The predicted molar refractivity (Wildman–Crippen MR) is 108 cm³/mol. The van der Waals surface area contributed by atoms with Gasteiger partial charge in [0.15, 0.2) is 11.5 Å². The minimum atomic E-state index is 0.0566. The molecule has 1 saturated heterocycles. The Morgan fingerprint density at radius 1 is 1.16 bits per heavy atom. The second kappa shape index (κ2) is 8.37. The number of thiophene rings is 1. The molecule has 0 atom stereocenters. The number of piperazine rings is 1. The molecule has 0 saturated carbocycles. The molecule has 5 nitrogen and oxygen atoms in total. The summed E-state index contributed by atoms with van der Waals surface area (Å²) in [6.45, 7) is 4.25. The Kier molecular flexibility index (Phi) is 6.19. The van der Waals surface area contributed by atoms with Gasteiger partial charge in [0.2, 0.25) is 0 Å². The highest BCUT2D eigenvalue weighted by atomic mass is 127. The number of hydrogen-bond acceptors (Lipinski definition) is 5. The standard InChI is InChI=1S/C18H21IN2O3S/c1-23-16-10-14(15(19)11-17(16)24-2)18(22)21-7-5-20(6-8-21)12-13-4-3-9-25-13/h3-4,9-11H,5-8,12H2,1-2H3. The fourth-order valence-electron chi connectivity index (χ4n) is 2.92. The fourth-order valence-corrected chi connectivity index (χ4v) is 4.34. The van der Waals surface area contributed by atoms with E-state index in [0.717, 1.165) is 36.3 Å². The molecule has 0 aliphatic carbocycles. The first kappa shape index (κ1) is 18.5. The van der Waals surface area contributed by atoms with Crippen LogP contribution in [0.1, 0.15) is 15.2 Å². The van der Waals surface area contributed by atoms with Crippen LogP contribution in [0.3, 0.4) is 0 Å². The van der Waals surface area contributed by atoms with Crippen LogP contribution in [-0.4, -0.2) is 56.1 Å². The molecule has 1 aromatic carbocycles. The molecule has 1 amide bonds. The summed E-state index contributed by atoms with van der Waals surface area (Å²) >= 11 is 3.96. The number of methoxy groups -OCH3 is 2. The van der Waals surface area contributed by atoms with Gasteiger partial charge < -0.3 is 14.4 Å². The van der Waals surface area contributed by atoms with E-state index in [1.807, 2.05) is 11.0 Å². The topological polar surface area (TPSA) is 42.0 Å². The SMILES string of the molecule is COc1cc(I)c(C(=O)N2CCN(Cc3cccs3)CC2)cc1OC. The van der Waals surface area contributed by atoms with Gasteiger partial charge in [0.25, 0.3) is 5.91 Å². The number of amides is 1. The normalized spacial score (nSPS) is 15.2. The van der Waals surface area contributed by atoms with Crippen LogP contribution in [-0.2, 0) is 6.54 Å². The largest absolute Gasteiger partial charge is 0.493 e. The quantitative estimate of drug-likeness (QED) is 0.627. The molecule has 0 radical (unpaired) electrons. The molecule has 25 heavy (non-hydrogen) atoms. The van der Waals surface area contributed by atoms with E-state index >= 15 is 0 Å². The van der Waals surface area contributed by atoms with Gasteiger partial charge >= 0.3 is 0 Å². The van der Waals surface area contributed by atoms with Gasteiger partial charge in [0.05, 0.1) is 19.8 Å². The lowest BCUT2D eigenvalue weighted by Gasteiger charge is -2.34. The summed E-state index contributed by atoms with van der Waals surface area (Å²) in [5, 5.41) is 2.11. The summed E-state index contributed by atoms with van der Waals surface area (Å²) in [6, 6.07) is 7.87. The van der Waals surface area contributed by atoms with Crippen molar-refractivity contribution in [3.63, 3.8) is 0 Å². The maximum atomic E-state index is 12.9. The van der Waals surface area contributed by atoms with Crippen molar-refractivity contribution in [2.45, 2.75) is 6.54 Å². The zero-order valence-corrected chi connectivity index (χ0v) is 17.3. The maximum absolute atomic E-state index is 12.9. The summed E-state index contributed by atoms with van der Waals surface area (Å²) in [5.74, 6) is 1.29. The van der Waals surface area contributed by atoms with Gasteiger partial charge in [0, 0.05) is 41.2 Å². The smallest absolute Gasteiger partial charge is 0.255 e. The van der Waals surface area contributed by atoms with Crippen LogP contribution in [0, 0.1) is 3.57 Å². The van der Waals surface area contributed by atoms with E-state index in [4.69, 9.17) is 9.47 Å². The Bertz CT molecular complexity index is 728. The Hall–Kier alpha value is -1.32. The third-order valence-corrected chi connectivity index (χ3v) is 6.08. The summed E-state index contributed by atoms with van der Waals surface area (Å²) in [6.07, 6.45) is 0. The maximum Gasteiger partial charge on any atom is 0.255 e. The molecule has 3 rings (SSSR count). The number of hydrogen-bond donors (Lipinski definition) is 0. The van der Waals surface area contributed by atoms with Crippen molar-refractivity contribution in [2.75, 3.05) is 40.4 Å². The Labute approximate surface area is 165 Å². The van der Waals surface area contributed by atoms with Crippen molar-refractivity contribution in [3.8, 4) is 11.5 Å². The number of carbonyl (C=O) groups excluding carboxylic acids is 1. The molecular weight excluding hydrogens is 451 g/mol. The van der Waals surface area contributed by atoms with E-state index in [0.29, 0.717) is 17.1 Å². The van der Waals surface area contributed by atoms with Crippen LogP contribution in [0.5, 0.6) is 11.5 Å². The molecule has 134 valence electrons. The molecule has 0 bridgehead atoms. The Balaban J connectivity index is 1.66. The van der Waals surface area contributed by atoms with Crippen LogP contribution < -0.4 is 9.47 Å². The van der Waals surface area contributed by atoms with E-state index < -0.39 is 0 Å². The minimum Gasteiger partial charge on any atom is -0.493 e. The summed E-state index contributed by atoms with van der Waals surface area (Å²) < 4.78 is 11.5. The van der Waals surface area contributed by atoms with Gasteiger partial charge in [-0.1, -0.05) is 6.07 Å². The average Bonchev–Trinajstić information content (AvgIpc) is 3.14. The zero-order chi connectivity index (χ0) is 17.8. The van der Waals surface area contributed by atoms with E-state index in [-0.39, 0.29) is 5.91 Å². The van der Waals surface area contributed by atoms with Gasteiger partial charge in [-0.05, 0) is 46.2 Å². The van der Waals surface area contributed by atoms with Crippen LogP contribution >= 0.6 is 33.9 Å². The lowest BCUT2D eigenvalue weighted by molar-refractivity contribution is 0.0628. The van der Waals surface area contributed by atoms with Gasteiger partial charge in [-0.3, -0.25) is 9.69 Å². The zero-order valence-electron chi connectivity index (χ0n) is 14.3. The molecule has 1 fully saturated rings. The fraction of sp³-hybridized carbons (Fsp3) is 0.389. The first-order chi connectivity index (χ1) is 12.1. The third-order valence-electron chi connectivity index (χ3n) is 4.32. The molecule has 0 unspecified atom stereocenters. The highest BCUT2D eigenvalue weighted by Gasteiger charge is 2.25. The predicted octanol–water partition coefficient (Wildman–Crippen LogP) is 3.33. The second-order valence-electron chi connectivity index (χ2n) is 5.83. The van der Waals surface area contributed by atoms with Crippen molar-refractivity contribution in [3.05, 3.63) is 43.7 Å². The van der Waals surface area contributed by atoms with Gasteiger partial charge in [-0.2, -0.15) is 0 Å². The molecule has 7 heteroatoms. The molecule has 2 heterocycles. The lowest BCUT2D eigenvalue weighted by Crippen LogP contribution is -2.48. The molecule has 1 aliphatic rings. The highest BCUT2D eigenvalue weighted by molar-refractivity contribution is 14.1. The number of rotatable bonds is 5. The van der Waals surface area contributed by atoms with E-state index in [1.54, 1.807) is 31.6 Å². The lowest BCUT2D eigenvalue weighted by atomic mass is 10.1. The van der Waals surface area contributed by atoms with Crippen LogP contribution in [0.4, 0.5) is 0 Å². The third kappa shape index (κ3) is 4.27. The van der Waals surface area contributed by atoms with Gasteiger partial charge in [-0.15, -0.1) is 11.3 Å². The monoisotopic (exact) mass is 472 g/mol. The number of halogens is 1. The number of carbonyl (C=O) groups is 1.